The molecule has 0 fully saturated rings. The molecule has 1 aliphatic rings. The molecule has 0 aliphatic carbocycles. The Morgan fingerprint density at radius 2 is 1.91 bits per heavy atom. The van der Waals surface area contributed by atoms with E-state index in [4.69, 9.17) is 14.3 Å². The number of hydrogen-bond acceptors (Lipinski definition) is 4. The summed E-state index contributed by atoms with van der Waals surface area (Å²) in [6.07, 6.45) is 5.23. The smallest absolute Gasteiger partial charge is 0.352 e. The first-order chi connectivity index (χ1) is 16.0. The van der Waals surface area contributed by atoms with Crippen LogP contribution >= 0.6 is 0 Å². The van der Waals surface area contributed by atoms with Crippen molar-refractivity contribution in [2.75, 3.05) is 11.4 Å². The third kappa shape index (κ3) is 5.12. The number of aliphatic carboxylic acids is 1. The van der Waals surface area contributed by atoms with Crippen molar-refractivity contribution >= 4 is 22.8 Å². The number of ether oxygens (including phenoxy) is 1. The zero-order valence-electron chi connectivity index (χ0n) is 19.6. The van der Waals surface area contributed by atoms with Gasteiger partial charge in [0.1, 0.15) is 0 Å². The summed E-state index contributed by atoms with van der Waals surface area (Å²) in [6.45, 7) is 7.84. The minimum absolute atomic E-state index is 0.217. The first-order valence-corrected chi connectivity index (χ1v) is 11.6. The number of allylic oxidation sites excluding steroid dienone is 1. The number of hydrogen-bond donors (Lipinski definition) is 1. The fourth-order valence-electron chi connectivity index (χ4n) is 4.20. The largest absolute Gasteiger partial charge is 0.481 e. The van der Waals surface area contributed by atoms with Crippen molar-refractivity contribution in [3.05, 3.63) is 71.1 Å². The van der Waals surface area contributed by atoms with E-state index >= 15 is 0 Å². The van der Waals surface area contributed by atoms with Gasteiger partial charge in [-0.15, -0.1) is 0 Å². The Hall–Kier alpha value is -3.50. The summed E-state index contributed by atoms with van der Waals surface area (Å²) in [6, 6.07) is 12.4. The number of benzene rings is 2. The van der Waals surface area contributed by atoms with E-state index in [9.17, 15) is 4.79 Å². The van der Waals surface area contributed by atoms with Gasteiger partial charge < -0.3 is 19.2 Å². The molecule has 1 aliphatic heterocycles. The van der Waals surface area contributed by atoms with Gasteiger partial charge >= 0.3 is 11.9 Å². The first-order valence-electron chi connectivity index (χ1n) is 11.6. The Bertz CT molecular complexity index is 1230. The average molecular weight is 448 g/mol. The molecule has 0 amide bonds. The molecule has 172 valence electrons. The van der Waals surface area contributed by atoms with Crippen molar-refractivity contribution in [3.8, 4) is 5.75 Å². The van der Waals surface area contributed by atoms with Crippen molar-refractivity contribution in [2.24, 2.45) is 0 Å². The number of nitrogens with zero attached hydrogens (tertiary/aromatic N) is 2. The lowest BCUT2D eigenvalue weighted by molar-refractivity contribution is -0.684. The maximum atomic E-state index is 10.8. The summed E-state index contributed by atoms with van der Waals surface area (Å²) in [5, 5.41) is 8.86. The van der Waals surface area contributed by atoms with Gasteiger partial charge in [0, 0.05) is 25.5 Å². The SMILES string of the molecule is CCN1C(=C=CCc2oc3ccc(C)cc3[n+]2CCCCCC(=O)O)Oc2ccc(C)cc21. The Balaban J connectivity index is 1.55. The predicted octanol–water partition coefficient (Wildman–Crippen LogP) is 5.44. The molecule has 1 aromatic heterocycles. The molecular formula is C27H31N2O4+. The lowest BCUT2D eigenvalue weighted by Crippen LogP contribution is -2.36. The number of unbranched alkanes of at least 4 members (excludes halogenated alkanes) is 2. The lowest BCUT2D eigenvalue weighted by Gasteiger charge is -2.13. The van der Waals surface area contributed by atoms with Crippen LogP contribution in [0, 0.1) is 13.8 Å². The van der Waals surface area contributed by atoms with E-state index in [0.717, 1.165) is 54.4 Å². The van der Waals surface area contributed by atoms with E-state index in [2.05, 4.69) is 60.2 Å². The highest BCUT2D eigenvalue weighted by molar-refractivity contribution is 5.70. The fourth-order valence-corrected chi connectivity index (χ4v) is 4.20. The second-order valence-corrected chi connectivity index (χ2v) is 8.50. The highest BCUT2D eigenvalue weighted by Crippen LogP contribution is 2.38. The van der Waals surface area contributed by atoms with Gasteiger partial charge in [0.2, 0.25) is 11.5 Å². The summed E-state index contributed by atoms with van der Waals surface area (Å²) < 4.78 is 14.4. The first kappa shape index (κ1) is 22.7. The van der Waals surface area contributed by atoms with Gasteiger partial charge in [-0.2, -0.15) is 4.57 Å². The Morgan fingerprint density at radius 3 is 2.70 bits per heavy atom. The van der Waals surface area contributed by atoms with Gasteiger partial charge in [0.15, 0.2) is 12.3 Å². The minimum atomic E-state index is -0.738. The van der Waals surface area contributed by atoms with Crippen molar-refractivity contribution in [2.45, 2.75) is 59.4 Å². The molecule has 1 N–H and O–H groups in total. The molecule has 0 saturated carbocycles. The predicted molar refractivity (Wildman–Crippen MR) is 127 cm³/mol. The monoisotopic (exact) mass is 447 g/mol. The third-order valence-electron chi connectivity index (χ3n) is 5.88. The molecule has 0 bridgehead atoms. The zero-order chi connectivity index (χ0) is 23.4. The Morgan fingerprint density at radius 1 is 1.12 bits per heavy atom. The van der Waals surface area contributed by atoms with E-state index < -0.39 is 5.97 Å². The van der Waals surface area contributed by atoms with Crippen LogP contribution in [0.1, 0.15) is 49.6 Å². The van der Waals surface area contributed by atoms with E-state index in [1.54, 1.807) is 0 Å². The molecule has 6 nitrogen and oxygen atoms in total. The molecular weight excluding hydrogens is 416 g/mol. The summed E-state index contributed by atoms with van der Waals surface area (Å²) in [4.78, 5) is 12.9. The maximum Gasteiger partial charge on any atom is 0.352 e. The van der Waals surface area contributed by atoms with Gasteiger partial charge in [0.25, 0.3) is 5.52 Å². The second kappa shape index (κ2) is 9.97. The number of aryl methyl sites for hydroxylation is 3. The van der Waals surface area contributed by atoms with Crippen LogP contribution in [-0.2, 0) is 17.8 Å². The van der Waals surface area contributed by atoms with Crippen LogP contribution in [0.3, 0.4) is 0 Å². The second-order valence-electron chi connectivity index (χ2n) is 8.50. The molecule has 33 heavy (non-hydrogen) atoms. The van der Waals surface area contributed by atoms with Gasteiger partial charge in [-0.3, -0.25) is 4.79 Å². The Labute approximate surface area is 194 Å². The number of anilines is 1. The number of carbonyl (C=O) groups is 1. The molecule has 6 heteroatoms. The number of rotatable bonds is 9. The molecule has 0 radical (unpaired) electrons. The number of aromatic nitrogens is 1. The van der Waals surface area contributed by atoms with E-state index in [-0.39, 0.29) is 6.42 Å². The van der Waals surface area contributed by atoms with E-state index in [1.165, 1.54) is 11.1 Å². The summed E-state index contributed by atoms with van der Waals surface area (Å²) in [5.74, 6) is 1.68. The molecule has 0 spiro atoms. The van der Waals surface area contributed by atoms with Crippen LogP contribution in [0.15, 0.2) is 58.5 Å². The van der Waals surface area contributed by atoms with Crippen molar-refractivity contribution in [1.29, 1.82) is 0 Å². The topological polar surface area (TPSA) is 66.8 Å². The normalized spacial score (nSPS) is 12.6. The molecule has 0 unspecified atom stereocenters. The molecule has 0 saturated heterocycles. The van der Waals surface area contributed by atoms with Gasteiger partial charge in [0.05, 0.1) is 12.1 Å². The fraction of sp³-hybridized carbons (Fsp3) is 0.370. The molecule has 4 rings (SSSR count). The van der Waals surface area contributed by atoms with E-state index in [1.807, 2.05) is 18.2 Å². The average Bonchev–Trinajstić information content (AvgIpc) is 3.30. The van der Waals surface area contributed by atoms with Crippen molar-refractivity contribution in [3.63, 3.8) is 0 Å². The molecule has 0 atom stereocenters. The van der Waals surface area contributed by atoms with Crippen LogP contribution < -0.4 is 14.2 Å². The number of fused-ring (bicyclic) bond motifs is 2. The number of carboxylic acids is 1. The summed E-state index contributed by atoms with van der Waals surface area (Å²) >= 11 is 0. The standard InChI is InChI=1S/C27H30N2O4/c1-4-28-21-17-19(2)12-14-23(21)32-25(28)9-8-10-26-29(16-7-5-6-11-27(30)31)22-18-20(3)13-15-24(22)33-26/h8,12-15,17-18H,4-7,10-11,16H2,1-3H3/p+1. The van der Waals surface area contributed by atoms with Crippen LogP contribution in [0.2, 0.25) is 0 Å². The summed E-state index contributed by atoms with van der Waals surface area (Å²) in [7, 11) is 0. The Kier molecular flexibility index (Phi) is 6.85. The molecule has 2 aromatic carbocycles. The third-order valence-corrected chi connectivity index (χ3v) is 5.88. The molecule has 2 heterocycles. The van der Waals surface area contributed by atoms with Gasteiger partial charge in [-0.25, -0.2) is 0 Å². The van der Waals surface area contributed by atoms with Crippen LogP contribution in [0.4, 0.5) is 5.69 Å². The lowest BCUT2D eigenvalue weighted by atomic mass is 10.2. The highest BCUT2D eigenvalue weighted by atomic mass is 16.5. The van der Waals surface area contributed by atoms with Crippen LogP contribution in [0.5, 0.6) is 5.75 Å². The van der Waals surface area contributed by atoms with Crippen molar-refractivity contribution < 1.29 is 23.6 Å². The van der Waals surface area contributed by atoms with Crippen LogP contribution in [-0.4, -0.2) is 17.6 Å². The highest BCUT2D eigenvalue weighted by Gasteiger charge is 2.25. The van der Waals surface area contributed by atoms with Gasteiger partial charge in [-0.05, 0) is 69.0 Å². The van der Waals surface area contributed by atoms with Crippen molar-refractivity contribution in [1.82, 2.24) is 0 Å². The molecule has 3 aromatic rings. The quantitative estimate of drug-likeness (QED) is 0.269. The van der Waals surface area contributed by atoms with Gasteiger partial charge in [-0.1, -0.05) is 17.9 Å². The zero-order valence-corrected chi connectivity index (χ0v) is 19.6. The number of oxazole rings is 1. The number of carboxylic acid groups (broad SMARTS) is 1. The summed E-state index contributed by atoms with van der Waals surface area (Å²) in [5.41, 5.74) is 8.70. The minimum Gasteiger partial charge on any atom is -0.481 e. The maximum absolute atomic E-state index is 10.8. The van der Waals surface area contributed by atoms with Crippen LogP contribution in [0.25, 0.3) is 11.1 Å². The van der Waals surface area contributed by atoms with E-state index in [0.29, 0.717) is 18.7 Å².